The Bertz CT molecular complexity index is 1630. The fraction of sp³-hybridized carbons (Fsp3) is 0. The van der Waals surface area contributed by atoms with Gasteiger partial charge in [0, 0.05) is 36.3 Å². The quantitative estimate of drug-likeness (QED) is 0.236. The monoisotopic (exact) mass is 527 g/mol. The average molecular weight is 528 g/mol. The van der Waals surface area contributed by atoms with Crippen molar-refractivity contribution in [1.82, 2.24) is 0 Å². The number of fused-ring (bicyclic) bond motifs is 2. The van der Waals surface area contributed by atoms with E-state index in [9.17, 15) is 29.4 Å². The van der Waals surface area contributed by atoms with Crippen LogP contribution in [0.15, 0.2) is 98.4 Å². The zero-order valence-corrected chi connectivity index (χ0v) is 20.6. The Hall–Kier alpha value is -4.34. The van der Waals surface area contributed by atoms with Crippen molar-refractivity contribution >= 4 is 52.7 Å². The minimum atomic E-state index is -1.12. The number of aromatic carboxylic acids is 2. The molecule has 0 unspecified atom stereocenters. The van der Waals surface area contributed by atoms with Crippen LogP contribution in [-0.2, 0) is 0 Å². The van der Waals surface area contributed by atoms with Gasteiger partial charge >= 0.3 is 11.9 Å². The Labute approximate surface area is 219 Å². The molecule has 0 saturated carbocycles. The molecule has 0 saturated heterocycles. The summed E-state index contributed by atoms with van der Waals surface area (Å²) in [7, 11) is 0. The molecule has 0 heterocycles. The van der Waals surface area contributed by atoms with E-state index in [1.165, 1.54) is 30.0 Å². The molecule has 4 N–H and O–H groups in total. The number of carbonyl (C=O) groups excluding carboxylic acids is 2. The number of hydrogen-bond donors (Lipinski definition) is 3. The van der Waals surface area contributed by atoms with Crippen molar-refractivity contribution < 1.29 is 29.4 Å². The van der Waals surface area contributed by atoms with E-state index in [1.807, 2.05) is 0 Å². The summed E-state index contributed by atoms with van der Waals surface area (Å²) >= 11 is 2.29. The summed E-state index contributed by atoms with van der Waals surface area (Å²) in [6.45, 7) is 0. The predicted octanol–water partition coefficient (Wildman–Crippen LogP) is 5.74. The van der Waals surface area contributed by atoms with Crippen LogP contribution in [0.25, 0.3) is 0 Å². The first kappa shape index (κ1) is 24.4. The Morgan fingerprint density at radius 3 is 1.86 bits per heavy atom. The molecule has 182 valence electrons. The summed E-state index contributed by atoms with van der Waals surface area (Å²) in [5.41, 5.74) is 7.53. The SMILES string of the molecule is Nc1c(Sc2ccc(C(=O)O)cc2)cc(Sc2ccccc2C(=O)O)c2c1C(=O)c1ccccc1C2=O. The number of nitrogen functional groups attached to an aromatic ring is 1. The van der Waals surface area contributed by atoms with Crippen LogP contribution in [0.3, 0.4) is 0 Å². The van der Waals surface area contributed by atoms with E-state index in [1.54, 1.807) is 60.7 Å². The lowest BCUT2D eigenvalue weighted by molar-refractivity contribution is 0.0684. The fourth-order valence-electron chi connectivity index (χ4n) is 4.07. The topological polar surface area (TPSA) is 135 Å². The largest absolute Gasteiger partial charge is 0.478 e. The third kappa shape index (κ3) is 4.39. The molecule has 7 nitrogen and oxygen atoms in total. The van der Waals surface area contributed by atoms with Gasteiger partial charge in [-0.15, -0.1) is 0 Å². The van der Waals surface area contributed by atoms with Gasteiger partial charge in [0.05, 0.1) is 22.4 Å². The molecule has 0 aromatic heterocycles. The zero-order valence-electron chi connectivity index (χ0n) is 18.9. The molecule has 9 heteroatoms. The number of nitrogens with two attached hydrogens (primary N) is 1. The first-order valence-electron chi connectivity index (χ1n) is 10.9. The van der Waals surface area contributed by atoms with Gasteiger partial charge < -0.3 is 15.9 Å². The molecule has 1 aliphatic carbocycles. The highest BCUT2D eigenvalue weighted by molar-refractivity contribution is 8.00. The number of carboxylic acid groups (broad SMARTS) is 2. The van der Waals surface area contributed by atoms with Gasteiger partial charge in [0.15, 0.2) is 11.6 Å². The van der Waals surface area contributed by atoms with Crippen molar-refractivity contribution in [3.8, 4) is 0 Å². The summed E-state index contributed by atoms with van der Waals surface area (Å²) in [6, 6.07) is 20.8. The number of carboxylic acids is 2. The van der Waals surface area contributed by atoms with Crippen LogP contribution < -0.4 is 5.73 Å². The lowest BCUT2D eigenvalue weighted by Gasteiger charge is -2.23. The molecular weight excluding hydrogens is 510 g/mol. The molecular formula is C28H17NO6S2. The molecule has 4 aromatic rings. The van der Waals surface area contributed by atoms with Gasteiger partial charge in [0.1, 0.15) is 0 Å². The lowest BCUT2D eigenvalue weighted by atomic mass is 9.83. The molecule has 0 radical (unpaired) electrons. The Kier molecular flexibility index (Phi) is 6.32. The maximum absolute atomic E-state index is 13.6. The molecule has 1 aliphatic rings. The van der Waals surface area contributed by atoms with Crippen molar-refractivity contribution in [2.45, 2.75) is 19.6 Å². The number of anilines is 1. The van der Waals surface area contributed by atoms with Crippen LogP contribution in [0.1, 0.15) is 52.6 Å². The van der Waals surface area contributed by atoms with Gasteiger partial charge in [0.25, 0.3) is 0 Å². The van der Waals surface area contributed by atoms with E-state index >= 15 is 0 Å². The van der Waals surface area contributed by atoms with Gasteiger partial charge in [-0.05, 0) is 42.5 Å². The second-order valence-electron chi connectivity index (χ2n) is 8.08. The summed E-state index contributed by atoms with van der Waals surface area (Å²) in [6.07, 6.45) is 0. The standard InChI is InChI=1S/C28H17NO6S2/c29-24-21(36-15-11-9-14(10-12-15)27(32)33)13-20(37-19-8-4-3-7-18(19)28(34)35)22-23(24)26(31)17-6-2-1-5-16(17)25(22)30/h1-13H,29H2,(H,32,33)(H,34,35). The summed E-state index contributed by atoms with van der Waals surface area (Å²) < 4.78 is 0. The van der Waals surface area contributed by atoms with Crippen LogP contribution in [0.4, 0.5) is 5.69 Å². The van der Waals surface area contributed by atoms with Gasteiger partial charge in [-0.2, -0.15) is 0 Å². The summed E-state index contributed by atoms with van der Waals surface area (Å²) in [4.78, 5) is 52.2. The number of carbonyl (C=O) groups is 4. The van der Waals surface area contributed by atoms with Gasteiger partial charge in [-0.1, -0.05) is 59.9 Å². The normalized spacial score (nSPS) is 12.1. The molecule has 0 atom stereocenters. The van der Waals surface area contributed by atoms with Crippen molar-refractivity contribution in [3.63, 3.8) is 0 Å². The maximum Gasteiger partial charge on any atom is 0.336 e. The molecule has 0 aliphatic heterocycles. The van der Waals surface area contributed by atoms with Gasteiger partial charge in [-0.3, -0.25) is 9.59 Å². The highest BCUT2D eigenvalue weighted by Gasteiger charge is 2.35. The average Bonchev–Trinajstić information content (AvgIpc) is 2.89. The number of hydrogen-bond acceptors (Lipinski definition) is 7. The molecule has 0 bridgehead atoms. The number of rotatable bonds is 6. The van der Waals surface area contributed by atoms with Crippen LogP contribution in [0, 0.1) is 0 Å². The second kappa shape index (κ2) is 9.61. The third-order valence-corrected chi connectivity index (χ3v) is 8.01. The van der Waals surface area contributed by atoms with Gasteiger partial charge in [-0.25, -0.2) is 9.59 Å². The van der Waals surface area contributed by atoms with Crippen molar-refractivity contribution in [3.05, 3.63) is 112 Å². The fourth-order valence-corrected chi connectivity index (χ4v) is 6.18. The zero-order chi connectivity index (χ0) is 26.3. The van der Waals surface area contributed by atoms with Crippen LogP contribution in [-0.4, -0.2) is 33.7 Å². The molecule has 0 fully saturated rings. The Balaban J connectivity index is 1.69. The van der Waals surface area contributed by atoms with Crippen LogP contribution >= 0.6 is 23.5 Å². The van der Waals surface area contributed by atoms with Crippen LogP contribution in [0.5, 0.6) is 0 Å². The predicted molar refractivity (Wildman–Crippen MR) is 139 cm³/mol. The van der Waals surface area contributed by atoms with Crippen molar-refractivity contribution in [1.29, 1.82) is 0 Å². The molecule has 0 amide bonds. The molecule has 4 aromatic carbocycles. The van der Waals surface area contributed by atoms with E-state index in [0.717, 1.165) is 11.8 Å². The smallest absolute Gasteiger partial charge is 0.336 e. The third-order valence-electron chi connectivity index (χ3n) is 5.83. The lowest BCUT2D eigenvalue weighted by Crippen LogP contribution is -2.23. The van der Waals surface area contributed by atoms with Crippen molar-refractivity contribution in [2.75, 3.05) is 5.73 Å². The van der Waals surface area contributed by atoms with E-state index < -0.39 is 11.9 Å². The van der Waals surface area contributed by atoms with E-state index in [2.05, 4.69) is 0 Å². The molecule has 0 spiro atoms. The maximum atomic E-state index is 13.6. The minimum absolute atomic E-state index is 0.0616. The van der Waals surface area contributed by atoms with Crippen molar-refractivity contribution in [2.24, 2.45) is 0 Å². The van der Waals surface area contributed by atoms with E-state index in [4.69, 9.17) is 5.73 Å². The van der Waals surface area contributed by atoms with E-state index in [-0.39, 0.29) is 50.6 Å². The first-order chi connectivity index (χ1) is 17.8. The molecule has 37 heavy (non-hydrogen) atoms. The minimum Gasteiger partial charge on any atom is -0.478 e. The summed E-state index contributed by atoms with van der Waals surface area (Å²) in [5, 5.41) is 18.8. The first-order valence-corrected chi connectivity index (χ1v) is 12.6. The Morgan fingerprint density at radius 2 is 1.24 bits per heavy atom. The number of benzene rings is 4. The highest BCUT2D eigenvalue weighted by atomic mass is 32.2. The highest BCUT2D eigenvalue weighted by Crippen LogP contribution is 2.45. The number of ketones is 2. The Morgan fingerprint density at radius 1 is 0.649 bits per heavy atom. The van der Waals surface area contributed by atoms with E-state index in [0.29, 0.717) is 19.6 Å². The van der Waals surface area contributed by atoms with Gasteiger partial charge in [0.2, 0.25) is 0 Å². The molecule has 5 rings (SSSR count). The summed E-state index contributed by atoms with van der Waals surface area (Å²) in [5.74, 6) is -2.93. The van der Waals surface area contributed by atoms with Crippen LogP contribution in [0.2, 0.25) is 0 Å². The second-order valence-corrected chi connectivity index (χ2v) is 10.3.